The van der Waals surface area contributed by atoms with E-state index in [2.05, 4.69) is 19.9 Å². The summed E-state index contributed by atoms with van der Waals surface area (Å²) in [6.45, 7) is 4.34. The fraction of sp³-hybridized carbons (Fsp3) is 0.556. The monoisotopic (exact) mass is 334 g/mol. The Morgan fingerprint density at radius 1 is 1.14 bits per heavy atom. The molecule has 2 nitrogen and oxygen atoms in total. The van der Waals surface area contributed by atoms with Crippen molar-refractivity contribution in [3.8, 4) is 0 Å². The average Bonchev–Trinajstić information content (AvgIpc) is 2.53. The van der Waals surface area contributed by atoms with Crippen molar-refractivity contribution in [2.75, 3.05) is 11.5 Å². The summed E-state index contributed by atoms with van der Waals surface area (Å²) >= 11 is 3.83. The fourth-order valence-corrected chi connectivity index (χ4v) is 7.49. The minimum Gasteiger partial charge on any atom is -0.299 e. The van der Waals surface area contributed by atoms with Gasteiger partial charge >= 0.3 is 0 Å². The van der Waals surface area contributed by atoms with Gasteiger partial charge in [-0.2, -0.15) is 0 Å². The molecule has 22 heavy (non-hydrogen) atoms. The largest absolute Gasteiger partial charge is 0.299 e. The molecule has 0 spiro atoms. The van der Waals surface area contributed by atoms with E-state index in [-0.39, 0.29) is 21.6 Å². The van der Waals surface area contributed by atoms with E-state index in [1.54, 1.807) is 0 Å². The summed E-state index contributed by atoms with van der Waals surface area (Å²) in [6, 6.07) is 7.96. The van der Waals surface area contributed by atoms with E-state index < -0.39 is 5.92 Å². The first-order valence-electron chi connectivity index (χ1n) is 8.10. The lowest BCUT2D eigenvalue weighted by atomic mass is 9.67. The number of hydrogen-bond acceptors (Lipinski definition) is 4. The Bertz CT molecular complexity index is 591. The van der Waals surface area contributed by atoms with Crippen LogP contribution in [0.3, 0.4) is 0 Å². The lowest BCUT2D eigenvalue weighted by Gasteiger charge is -2.48. The zero-order valence-electron chi connectivity index (χ0n) is 13.1. The van der Waals surface area contributed by atoms with Crippen LogP contribution < -0.4 is 0 Å². The van der Waals surface area contributed by atoms with Gasteiger partial charge in [0.05, 0.1) is 10.00 Å². The Kier molecular flexibility index (Phi) is 4.69. The SMILES string of the molecule is CCSC1(SCC)c2ccccc2C(=O)C2C(=O)CCCC21. The minimum atomic E-state index is -0.415. The van der Waals surface area contributed by atoms with E-state index in [4.69, 9.17) is 0 Å². The quantitative estimate of drug-likeness (QED) is 0.598. The fourth-order valence-electron chi connectivity index (χ4n) is 3.99. The number of hydrogen-bond donors (Lipinski definition) is 0. The molecule has 0 radical (unpaired) electrons. The maximum absolute atomic E-state index is 12.9. The van der Waals surface area contributed by atoms with Crippen LogP contribution >= 0.6 is 23.5 Å². The first kappa shape index (κ1) is 16.1. The standard InChI is InChI=1S/C18H22O2S2/c1-3-21-18(22-4-2)13-9-6-5-8-12(13)17(20)16-14(18)10-7-11-15(16)19/h5-6,8-9,14,16H,3-4,7,10-11H2,1-2H3. The van der Waals surface area contributed by atoms with Crippen LogP contribution in [0.5, 0.6) is 0 Å². The average molecular weight is 335 g/mol. The highest BCUT2D eigenvalue weighted by Gasteiger charge is 2.55. The molecule has 1 fully saturated rings. The molecule has 3 rings (SSSR count). The molecular weight excluding hydrogens is 312 g/mol. The van der Waals surface area contributed by atoms with Gasteiger partial charge in [0.1, 0.15) is 5.78 Å². The number of thioether (sulfide) groups is 2. The number of rotatable bonds is 4. The van der Waals surface area contributed by atoms with Crippen molar-refractivity contribution >= 4 is 35.1 Å². The van der Waals surface area contributed by atoms with Crippen LogP contribution in [-0.2, 0) is 8.87 Å². The summed E-state index contributed by atoms with van der Waals surface area (Å²) in [4.78, 5) is 25.4. The molecule has 2 unspecified atom stereocenters. The number of ketones is 2. The number of benzene rings is 1. The molecule has 2 aliphatic carbocycles. The molecule has 0 aliphatic heterocycles. The third kappa shape index (κ3) is 2.35. The van der Waals surface area contributed by atoms with E-state index in [1.807, 2.05) is 41.7 Å². The van der Waals surface area contributed by atoms with Gasteiger partial charge in [0.25, 0.3) is 0 Å². The van der Waals surface area contributed by atoms with Crippen LogP contribution in [0.25, 0.3) is 0 Å². The first-order valence-corrected chi connectivity index (χ1v) is 10.1. The molecule has 118 valence electrons. The van der Waals surface area contributed by atoms with Gasteiger partial charge in [0, 0.05) is 17.9 Å². The molecule has 0 bridgehead atoms. The predicted molar refractivity (Wildman–Crippen MR) is 94.6 cm³/mol. The molecule has 0 saturated heterocycles. The van der Waals surface area contributed by atoms with Crippen molar-refractivity contribution in [2.45, 2.75) is 37.2 Å². The Hall–Kier alpha value is -0.740. The van der Waals surface area contributed by atoms with Gasteiger partial charge in [-0.1, -0.05) is 38.1 Å². The molecule has 1 aromatic rings. The second-order valence-electron chi connectivity index (χ2n) is 5.89. The molecule has 0 amide bonds. The predicted octanol–water partition coefficient (Wildman–Crippen LogP) is 4.53. The second-order valence-corrected chi connectivity index (χ2v) is 9.16. The van der Waals surface area contributed by atoms with Crippen molar-refractivity contribution in [2.24, 2.45) is 11.8 Å². The van der Waals surface area contributed by atoms with Gasteiger partial charge in [0.2, 0.25) is 0 Å². The highest BCUT2D eigenvalue weighted by molar-refractivity contribution is 8.17. The van der Waals surface area contributed by atoms with E-state index in [0.717, 1.165) is 35.5 Å². The van der Waals surface area contributed by atoms with Crippen LogP contribution in [0.4, 0.5) is 0 Å². The van der Waals surface area contributed by atoms with E-state index in [0.29, 0.717) is 6.42 Å². The maximum atomic E-state index is 12.9. The lowest BCUT2D eigenvalue weighted by Crippen LogP contribution is -2.49. The lowest BCUT2D eigenvalue weighted by molar-refractivity contribution is -0.125. The zero-order valence-corrected chi connectivity index (χ0v) is 14.8. The highest BCUT2D eigenvalue weighted by Crippen LogP contribution is 2.60. The number of carbonyl (C=O) groups excluding carboxylic acids is 2. The zero-order chi connectivity index (χ0) is 15.7. The van der Waals surface area contributed by atoms with E-state index >= 15 is 0 Å². The molecular formula is C18H22O2S2. The first-order chi connectivity index (χ1) is 10.7. The van der Waals surface area contributed by atoms with Gasteiger partial charge in [0.15, 0.2) is 5.78 Å². The Labute approximate surface area is 140 Å². The van der Waals surface area contributed by atoms with Crippen molar-refractivity contribution in [1.82, 2.24) is 0 Å². The van der Waals surface area contributed by atoms with Crippen molar-refractivity contribution in [3.63, 3.8) is 0 Å². The Balaban J connectivity index is 2.22. The summed E-state index contributed by atoms with van der Waals surface area (Å²) in [6.07, 6.45) is 2.47. The van der Waals surface area contributed by atoms with Crippen molar-refractivity contribution in [1.29, 1.82) is 0 Å². The van der Waals surface area contributed by atoms with Crippen LogP contribution in [0.2, 0.25) is 0 Å². The summed E-state index contributed by atoms with van der Waals surface area (Å²) < 4.78 is -0.144. The summed E-state index contributed by atoms with van der Waals surface area (Å²) in [5, 5.41) is 0. The van der Waals surface area contributed by atoms with Gasteiger partial charge in [-0.25, -0.2) is 0 Å². The van der Waals surface area contributed by atoms with Crippen LogP contribution in [0.1, 0.15) is 49.0 Å². The maximum Gasteiger partial charge on any atom is 0.174 e. The summed E-state index contributed by atoms with van der Waals surface area (Å²) in [7, 11) is 0. The Morgan fingerprint density at radius 3 is 2.50 bits per heavy atom. The topological polar surface area (TPSA) is 34.1 Å². The van der Waals surface area contributed by atoms with Crippen LogP contribution in [-0.4, -0.2) is 23.1 Å². The summed E-state index contributed by atoms with van der Waals surface area (Å²) in [5.74, 6) is 1.94. The third-order valence-electron chi connectivity index (χ3n) is 4.74. The van der Waals surface area contributed by atoms with Crippen molar-refractivity contribution < 1.29 is 9.59 Å². The molecule has 1 aromatic carbocycles. The number of fused-ring (bicyclic) bond motifs is 2. The van der Waals surface area contributed by atoms with Crippen LogP contribution in [0.15, 0.2) is 24.3 Å². The number of Topliss-reactive ketones (excluding diaryl/α,β-unsaturated/α-hetero) is 2. The molecule has 0 heterocycles. The van der Waals surface area contributed by atoms with Gasteiger partial charge < -0.3 is 0 Å². The van der Waals surface area contributed by atoms with Gasteiger partial charge in [-0.05, 0) is 29.9 Å². The van der Waals surface area contributed by atoms with E-state index in [9.17, 15) is 9.59 Å². The molecule has 1 saturated carbocycles. The van der Waals surface area contributed by atoms with Gasteiger partial charge in [-0.15, -0.1) is 23.5 Å². The molecule has 0 aromatic heterocycles. The molecule has 4 heteroatoms. The van der Waals surface area contributed by atoms with E-state index in [1.165, 1.54) is 0 Å². The molecule has 0 N–H and O–H groups in total. The third-order valence-corrected chi connectivity index (χ3v) is 7.93. The smallest absolute Gasteiger partial charge is 0.174 e. The second kappa shape index (κ2) is 6.40. The van der Waals surface area contributed by atoms with Gasteiger partial charge in [-0.3, -0.25) is 9.59 Å². The summed E-state index contributed by atoms with van der Waals surface area (Å²) in [5.41, 5.74) is 1.93. The highest BCUT2D eigenvalue weighted by atomic mass is 32.2. The molecule has 2 aliphatic rings. The Morgan fingerprint density at radius 2 is 1.82 bits per heavy atom. The van der Waals surface area contributed by atoms with Crippen molar-refractivity contribution in [3.05, 3.63) is 35.4 Å². The molecule has 2 atom stereocenters. The minimum absolute atomic E-state index is 0.0642. The normalized spacial score (nSPS) is 26.5. The number of carbonyl (C=O) groups is 2. The van der Waals surface area contributed by atoms with Crippen LogP contribution in [0, 0.1) is 11.8 Å².